The van der Waals surface area contributed by atoms with E-state index in [1.54, 1.807) is 16.2 Å². The minimum Gasteiger partial charge on any atom is -0.444 e. The summed E-state index contributed by atoms with van der Waals surface area (Å²) in [6.45, 7) is 14.3. The van der Waals surface area contributed by atoms with Gasteiger partial charge in [0.05, 0.1) is 11.5 Å². The third-order valence-corrected chi connectivity index (χ3v) is 4.50. The van der Waals surface area contributed by atoms with Crippen molar-refractivity contribution in [2.24, 2.45) is 0 Å². The number of hydrogen-bond acceptors (Lipinski definition) is 4. The van der Waals surface area contributed by atoms with E-state index in [1.807, 2.05) is 41.5 Å². The maximum Gasteiger partial charge on any atom is 0.410 e. The Morgan fingerprint density at radius 1 is 1.26 bits per heavy atom. The summed E-state index contributed by atoms with van der Waals surface area (Å²) < 4.78 is 5.42. The summed E-state index contributed by atoms with van der Waals surface area (Å²) in [5.41, 5.74) is 1.89. The molecule has 2 amide bonds. The summed E-state index contributed by atoms with van der Waals surface area (Å²) >= 11 is 1.55. The van der Waals surface area contributed by atoms with Gasteiger partial charge in [0.25, 0.3) is 0 Å². The van der Waals surface area contributed by atoms with Crippen LogP contribution in [-0.4, -0.2) is 29.0 Å². The van der Waals surface area contributed by atoms with E-state index < -0.39 is 5.60 Å². The zero-order valence-electron chi connectivity index (χ0n) is 15.2. The fraction of sp³-hybridized carbons (Fsp3) is 0.647. The van der Waals surface area contributed by atoms with Crippen LogP contribution < -0.4 is 5.32 Å². The Labute approximate surface area is 143 Å². The van der Waals surface area contributed by atoms with Gasteiger partial charge in [0, 0.05) is 18.3 Å². The molecular weight excluding hydrogens is 312 g/mol. The average Bonchev–Trinajstić information content (AvgIpc) is 2.74. The first-order valence-corrected chi connectivity index (χ1v) is 8.85. The molecular formula is C17H28N2O3S. The first kappa shape index (κ1) is 19.5. The van der Waals surface area contributed by atoms with E-state index in [0.717, 1.165) is 21.9 Å². The van der Waals surface area contributed by atoms with Crippen molar-refractivity contribution in [1.82, 2.24) is 4.90 Å². The number of fused-ring (bicyclic) bond motifs is 1. The molecule has 2 rings (SSSR count). The summed E-state index contributed by atoms with van der Waals surface area (Å²) in [6.07, 6.45) is 0.525. The summed E-state index contributed by atoms with van der Waals surface area (Å²) in [5, 5.41) is 3.75. The molecule has 0 fully saturated rings. The molecule has 0 bridgehead atoms. The van der Waals surface area contributed by atoms with Crippen molar-refractivity contribution in [2.75, 3.05) is 11.9 Å². The number of rotatable bonds is 1. The molecule has 23 heavy (non-hydrogen) atoms. The molecule has 5 nitrogen and oxygen atoms in total. The second-order valence-electron chi connectivity index (χ2n) is 6.29. The summed E-state index contributed by atoms with van der Waals surface area (Å²) in [4.78, 5) is 26.2. The Kier molecular flexibility index (Phi) is 6.62. The fourth-order valence-corrected chi connectivity index (χ4v) is 3.64. The molecule has 1 N–H and O–H groups in total. The van der Waals surface area contributed by atoms with Gasteiger partial charge in [-0.15, -0.1) is 11.3 Å². The van der Waals surface area contributed by atoms with E-state index in [4.69, 9.17) is 4.74 Å². The van der Waals surface area contributed by atoms with Crippen LogP contribution in [0.25, 0.3) is 0 Å². The molecule has 0 atom stereocenters. The van der Waals surface area contributed by atoms with Gasteiger partial charge in [0.2, 0.25) is 5.91 Å². The molecule has 130 valence electrons. The lowest BCUT2D eigenvalue weighted by Crippen LogP contribution is -2.39. The van der Waals surface area contributed by atoms with Crippen LogP contribution in [0.15, 0.2) is 0 Å². The van der Waals surface area contributed by atoms with Gasteiger partial charge in [0.1, 0.15) is 5.60 Å². The van der Waals surface area contributed by atoms with E-state index in [9.17, 15) is 9.59 Å². The van der Waals surface area contributed by atoms with Gasteiger partial charge < -0.3 is 15.0 Å². The minimum atomic E-state index is -0.482. The van der Waals surface area contributed by atoms with Gasteiger partial charge in [-0.1, -0.05) is 13.8 Å². The highest BCUT2D eigenvalue weighted by atomic mass is 32.1. The topological polar surface area (TPSA) is 58.6 Å². The zero-order valence-corrected chi connectivity index (χ0v) is 16.0. The molecule has 1 aliphatic rings. The molecule has 0 unspecified atom stereocenters. The number of thiophene rings is 1. The van der Waals surface area contributed by atoms with Gasteiger partial charge >= 0.3 is 6.09 Å². The Morgan fingerprint density at radius 2 is 1.87 bits per heavy atom. The highest BCUT2D eigenvalue weighted by Gasteiger charge is 2.28. The predicted molar refractivity (Wildman–Crippen MR) is 95.1 cm³/mol. The van der Waals surface area contributed by atoms with Gasteiger partial charge in [-0.2, -0.15) is 0 Å². The standard InChI is InChI=1S/C15H22N2O3S.C2H6/c1-9-11-6-7-17(14(19)20-15(3,4)5)8-12(11)21-13(9)16-10(2)18;1-2/h6-8H2,1-5H3,(H,16,18);1-2H3. The highest BCUT2D eigenvalue weighted by Crippen LogP contribution is 2.36. The lowest BCUT2D eigenvalue weighted by atomic mass is 10.0. The molecule has 0 spiro atoms. The maximum atomic E-state index is 12.1. The number of nitrogens with one attached hydrogen (secondary N) is 1. The summed E-state index contributed by atoms with van der Waals surface area (Å²) in [7, 11) is 0. The first-order chi connectivity index (χ1) is 10.7. The Morgan fingerprint density at radius 3 is 2.39 bits per heavy atom. The average molecular weight is 340 g/mol. The van der Waals surface area contributed by atoms with Crippen LogP contribution >= 0.6 is 11.3 Å². The minimum absolute atomic E-state index is 0.0688. The quantitative estimate of drug-likeness (QED) is 0.827. The van der Waals surface area contributed by atoms with Crippen molar-refractivity contribution in [1.29, 1.82) is 0 Å². The van der Waals surface area contributed by atoms with Crippen molar-refractivity contribution >= 4 is 28.3 Å². The number of nitrogens with zero attached hydrogens (tertiary/aromatic N) is 1. The first-order valence-electron chi connectivity index (χ1n) is 8.04. The molecule has 2 heterocycles. The molecule has 0 saturated heterocycles. The Hall–Kier alpha value is -1.56. The molecule has 0 saturated carbocycles. The summed E-state index contributed by atoms with van der Waals surface area (Å²) in [6, 6.07) is 0. The second-order valence-corrected chi connectivity index (χ2v) is 7.40. The van der Waals surface area contributed by atoms with Gasteiger partial charge in [0.15, 0.2) is 0 Å². The number of carbonyl (C=O) groups excluding carboxylic acids is 2. The second kappa shape index (κ2) is 7.81. The van der Waals surface area contributed by atoms with Crippen LogP contribution in [0.3, 0.4) is 0 Å². The van der Waals surface area contributed by atoms with E-state index >= 15 is 0 Å². The van der Waals surface area contributed by atoms with Crippen LogP contribution in [0.1, 0.15) is 57.5 Å². The SMILES string of the molecule is CC.CC(=O)Nc1sc2c(c1C)CCN(C(=O)OC(C)(C)C)C2. The molecule has 0 aliphatic carbocycles. The van der Waals surface area contributed by atoms with Crippen LogP contribution in [0.4, 0.5) is 9.80 Å². The Balaban J connectivity index is 0.00000127. The zero-order chi connectivity index (χ0) is 17.8. The number of hydrogen-bond donors (Lipinski definition) is 1. The van der Waals surface area contributed by atoms with Crippen molar-refractivity contribution in [3.8, 4) is 0 Å². The molecule has 0 radical (unpaired) electrons. The molecule has 6 heteroatoms. The molecule has 1 aliphatic heterocycles. The van der Waals surface area contributed by atoms with E-state index in [1.165, 1.54) is 12.5 Å². The van der Waals surface area contributed by atoms with Crippen LogP contribution in [0.2, 0.25) is 0 Å². The number of amides is 2. The highest BCUT2D eigenvalue weighted by molar-refractivity contribution is 7.16. The normalized spacial score (nSPS) is 13.6. The Bertz CT molecular complexity index is 573. The third-order valence-electron chi connectivity index (χ3n) is 3.26. The summed E-state index contributed by atoms with van der Waals surface area (Å²) in [5.74, 6) is -0.0688. The lowest BCUT2D eigenvalue weighted by Gasteiger charge is -2.30. The fourth-order valence-electron chi connectivity index (χ4n) is 2.32. The van der Waals surface area contributed by atoms with Crippen molar-refractivity contribution in [2.45, 2.75) is 67.0 Å². The van der Waals surface area contributed by atoms with E-state index in [-0.39, 0.29) is 12.0 Å². The lowest BCUT2D eigenvalue weighted by molar-refractivity contribution is -0.114. The van der Waals surface area contributed by atoms with Crippen molar-refractivity contribution in [3.05, 3.63) is 16.0 Å². The van der Waals surface area contributed by atoms with Crippen LogP contribution in [0, 0.1) is 6.92 Å². The van der Waals surface area contributed by atoms with E-state index in [0.29, 0.717) is 13.1 Å². The molecule has 1 aromatic heterocycles. The number of carbonyl (C=O) groups is 2. The monoisotopic (exact) mass is 340 g/mol. The molecule has 0 aromatic carbocycles. The third kappa shape index (κ3) is 5.23. The maximum absolute atomic E-state index is 12.1. The number of anilines is 1. The largest absolute Gasteiger partial charge is 0.444 e. The smallest absolute Gasteiger partial charge is 0.410 e. The molecule has 1 aromatic rings. The van der Waals surface area contributed by atoms with Gasteiger partial charge in [-0.25, -0.2) is 4.79 Å². The van der Waals surface area contributed by atoms with E-state index in [2.05, 4.69) is 5.32 Å². The van der Waals surface area contributed by atoms with Crippen molar-refractivity contribution < 1.29 is 14.3 Å². The predicted octanol–water partition coefficient (Wildman–Crippen LogP) is 4.33. The van der Waals surface area contributed by atoms with Gasteiger partial charge in [-0.05, 0) is 45.2 Å². The van der Waals surface area contributed by atoms with Crippen molar-refractivity contribution in [3.63, 3.8) is 0 Å². The van der Waals surface area contributed by atoms with Crippen LogP contribution in [0.5, 0.6) is 0 Å². The number of ether oxygens (including phenoxy) is 1. The van der Waals surface area contributed by atoms with Gasteiger partial charge in [-0.3, -0.25) is 4.79 Å². The van der Waals surface area contributed by atoms with Crippen LogP contribution in [-0.2, 0) is 22.5 Å².